The maximum Gasteiger partial charge on any atom is 0.225 e. The Hall–Kier alpha value is -0.650. The van der Waals surface area contributed by atoms with Crippen LogP contribution in [0.4, 0.5) is 0 Å². The average Bonchev–Trinajstić information content (AvgIpc) is 3.00. The molecular weight excluding hydrogens is 254 g/mol. The van der Waals surface area contributed by atoms with Crippen molar-refractivity contribution in [1.82, 2.24) is 15.1 Å². The first-order valence-corrected chi connectivity index (χ1v) is 7.93. The van der Waals surface area contributed by atoms with Crippen LogP contribution in [0.25, 0.3) is 0 Å². The number of amides is 1. The highest BCUT2D eigenvalue weighted by Gasteiger charge is 2.44. The van der Waals surface area contributed by atoms with Crippen molar-refractivity contribution in [3.8, 4) is 0 Å². The van der Waals surface area contributed by atoms with Gasteiger partial charge in [0.25, 0.3) is 0 Å². The number of hydrogen-bond acceptors (Lipinski definition) is 4. The highest BCUT2D eigenvalue weighted by Crippen LogP contribution is 2.45. The van der Waals surface area contributed by atoms with Crippen LogP contribution in [0.15, 0.2) is 0 Å². The van der Waals surface area contributed by atoms with Crippen molar-refractivity contribution in [3.05, 3.63) is 0 Å². The Kier molecular flexibility index (Phi) is 4.29. The van der Waals surface area contributed by atoms with Gasteiger partial charge in [-0.05, 0) is 26.3 Å². The molecule has 0 aromatic heterocycles. The summed E-state index contributed by atoms with van der Waals surface area (Å²) in [6, 6.07) is 0. The Labute approximate surface area is 121 Å². The zero-order chi connectivity index (χ0) is 14.0. The first kappa shape index (κ1) is 14.3. The van der Waals surface area contributed by atoms with Crippen LogP contribution < -0.4 is 5.32 Å². The molecule has 20 heavy (non-hydrogen) atoms. The molecule has 0 aromatic rings. The van der Waals surface area contributed by atoms with Crippen molar-refractivity contribution < 1.29 is 9.53 Å². The van der Waals surface area contributed by atoms with E-state index in [-0.39, 0.29) is 11.8 Å². The Morgan fingerprint density at radius 2 is 2.05 bits per heavy atom. The van der Waals surface area contributed by atoms with E-state index >= 15 is 0 Å². The molecule has 1 atom stereocenters. The fourth-order valence-electron chi connectivity index (χ4n) is 3.21. The number of likely N-dealkylation sites (N-methyl/N-ethyl adjacent to an activating group) is 1. The van der Waals surface area contributed by atoms with Gasteiger partial charge in [-0.3, -0.25) is 4.79 Å². The molecule has 0 radical (unpaired) electrons. The summed E-state index contributed by atoms with van der Waals surface area (Å²) >= 11 is 0. The Bertz CT molecular complexity index is 343. The predicted octanol–water partition coefficient (Wildman–Crippen LogP) is 0.167. The minimum absolute atomic E-state index is 0.0921. The third-order valence-electron chi connectivity index (χ3n) is 5.05. The van der Waals surface area contributed by atoms with Gasteiger partial charge in [-0.1, -0.05) is 0 Å². The van der Waals surface area contributed by atoms with E-state index in [9.17, 15) is 4.79 Å². The van der Waals surface area contributed by atoms with E-state index in [1.807, 2.05) is 0 Å². The summed E-state index contributed by atoms with van der Waals surface area (Å²) in [5.74, 6) is 0.293. The first-order chi connectivity index (χ1) is 9.67. The zero-order valence-corrected chi connectivity index (χ0v) is 12.6. The van der Waals surface area contributed by atoms with E-state index in [0.717, 1.165) is 26.1 Å². The normalized spacial score (nSPS) is 30.4. The van der Waals surface area contributed by atoms with Crippen LogP contribution in [0.1, 0.15) is 19.3 Å². The summed E-state index contributed by atoms with van der Waals surface area (Å²) < 4.78 is 5.28. The highest BCUT2D eigenvalue weighted by atomic mass is 16.5. The summed E-state index contributed by atoms with van der Waals surface area (Å²) in [7, 11) is 2.19. The van der Waals surface area contributed by atoms with Gasteiger partial charge in [-0.15, -0.1) is 0 Å². The lowest BCUT2D eigenvalue weighted by Gasteiger charge is -2.35. The molecule has 5 heteroatoms. The monoisotopic (exact) mass is 281 g/mol. The SMILES string of the molecule is CN1CCN(CC2(CNC(=O)C3CCOC3)CC2)CC1. The second kappa shape index (κ2) is 6.00. The number of piperazine rings is 1. The Balaban J connectivity index is 1.41. The van der Waals surface area contributed by atoms with Gasteiger partial charge in [0.15, 0.2) is 0 Å². The van der Waals surface area contributed by atoms with Crippen LogP contribution in [0, 0.1) is 11.3 Å². The minimum Gasteiger partial charge on any atom is -0.381 e. The lowest BCUT2D eigenvalue weighted by atomic mass is 10.0. The molecule has 2 heterocycles. The van der Waals surface area contributed by atoms with Crippen molar-refractivity contribution in [2.45, 2.75) is 19.3 Å². The highest BCUT2D eigenvalue weighted by molar-refractivity contribution is 5.79. The van der Waals surface area contributed by atoms with Crippen molar-refractivity contribution >= 4 is 5.91 Å². The summed E-state index contributed by atoms with van der Waals surface area (Å²) in [6.45, 7) is 8.04. The number of hydrogen-bond donors (Lipinski definition) is 1. The number of ether oxygens (including phenoxy) is 1. The van der Waals surface area contributed by atoms with Crippen molar-refractivity contribution in [3.63, 3.8) is 0 Å². The van der Waals surface area contributed by atoms with Gasteiger partial charge in [0, 0.05) is 51.3 Å². The molecule has 1 N–H and O–H groups in total. The van der Waals surface area contributed by atoms with Crippen LogP contribution in [-0.4, -0.2) is 75.2 Å². The molecule has 0 bridgehead atoms. The van der Waals surface area contributed by atoms with Gasteiger partial charge in [0.2, 0.25) is 5.91 Å². The molecule has 1 aliphatic carbocycles. The van der Waals surface area contributed by atoms with Crippen LogP contribution in [0.2, 0.25) is 0 Å². The van der Waals surface area contributed by atoms with Gasteiger partial charge in [0.05, 0.1) is 12.5 Å². The molecule has 1 saturated carbocycles. The van der Waals surface area contributed by atoms with Crippen molar-refractivity contribution in [2.75, 3.05) is 59.5 Å². The van der Waals surface area contributed by atoms with Crippen molar-refractivity contribution in [2.24, 2.45) is 11.3 Å². The standard InChI is InChI=1S/C15H27N3O2/c1-17-5-7-18(8-6-17)12-15(3-4-15)11-16-14(19)13-2-9-20-10-13/h13H,2-12H2,1H3,(H,16,19). The largest absolute Gasteiger partial charge is 0.381 e. The van der Waals surface area contributed by atoms with Gasteiger partial charge in [0.1, 0.15) is 0 Å². The van der Waals surface area contributed by atoms with E-state index in [0.29, 0.717) is 12.0 Å². The minimum atomic E-state index is 0.0921. The number of carbonyl (C=O) groups excluding carboxylic acids is 1. The second-order valence-corrected chi connectivity index (χ2v) is 6.86. The van der Waals surface area contributed by atoms with Crippen LogP contribution in [0.5, 0.6) is 0 Å². The molecule has 3 aliphatic rings. The van der Waals surface area contributed by atoms with Gasteiger partial charge >= 0.3 is 0 Å². The molecule has 3 rings (SSSR count). The average molecular weight is 281 g/mol. The van der Waals surface area contributed by atoms with E-state index in [1.165, 1.54) is 39.0 Å². The number of rotatable bonds is 5. The maximum atomic E-state index is 12.0. The topological polar surface area (TPSA) is 44.8 Å². The molecule has 114 valence electrons. The fraction of sp³-hybridized carbons (Fsp3) is 0.933. The number of carbonyl (C=O) groups is 1. The fourth-order valence-corrected chi connectivity index (χ4v) is 3.21. The third-order valence-corrected chi connectivity index (χ3v) is 5.05. The number of nitrogens with zero attached hydrogens (tertiary/aromatic N) is 2. The zero-order valence-electron chi connectivity index (χ0n) is 12.6. The summed E-state index contributed by atoms with van der Waals surface area (Å²) in [6.07, 6.45) is 3.42. The molecule has 2 saturated heterocycles. The molecule has 3 fully saturated rings. The quantitative estimate of drug-likeness (QED) is 0.780. The van der Waals surface area contributed by atoms with Gasteiger partial charge in [-0.25, -0.2) is 0 Å². The van der Waals surface area contributed by atoms with E-state index in [1.54, 1.807) is 0 Å². The van der Waals surface area contributed by atoms with E-state index < -0.39 is 0 Å². The molecule has 0 aromatic carbocycles. The third kappa shape index (κ3) is 3.51. The van der Waals surface area contributed by atoms with Gasteiger partial charge in [-0.2, -0.15) is 0 Å². The molecule has 5 nitrogen and oxygen atoms in total. The summed E-state index contributed by atoms with van der Waals surface area (Å²) in [4.78, 5) is 17.0. The van der Waals surface area contributed by atoms with E-state index in [2.05, 4.69) is 22.2 Å². The lowest BCUT2D eigenvalue weighted by Crippen LogP contribution is -2.48. The van der Waals surface area contributed by atoms with E-state index in [4.69, 9.17) is 4.74 Å². The summed E-state index contributed by atoms with van der Waals surface area (Å²) in [5, 5.41) is 3.17. The molecule has 1 unspecified atom stereocenters. The number of nitrogens with one attached hydrogen (secondary N) is 1. The van der Waals surface area contributed by atoms with Crippen molar-refractivity contribution in [1.29, 1.82) is 0 Å². The Morgan fingerprint density at radius 1 is 1.30 bits per heavy atom. The van der Waals surface area contributed by atoms with Crippen LogP contribution >= 0.6 is 0 Å². The van der Waals surface area contributed by atoms with Crippen LogP contribution in [0.3, 0.4) is 0 Å². The smallest absolute Gasteiger partial charge is 0.225 e. The van der Waals surface area contributed by atoms with Gasteiger partial charge < -0.3 is 19.9 Å². The maximum absolute atomic E-state index is 12.0. The summed E-state index contributed by atoms with van der Waals surface area (Å²) in [5.41, 5.74) is 0.366. The first-order valence-electron chi connectivity index (χ1n) is 7.93. The lowest BCUT2D eigenvalue weighted by molar-refractivity contribution is -0.125. The second-order valence-electron chi connectivity index (χ2n) is 6.86. The molecule has 1 amide bonds. The van der Waals surface area contributed by atoms with Crippen LogP contribution in [-0.2, 0) is 9.53 Å². The molecule has 0 spiro atoms. The Morgan fingerprint density at radius 3 is 2.65 bits per heavy atom. The predicted molar refractivity (Wildman–Crippen MR) is 77.5 cm³/mol. The molecular formula is C15H27N3O2. The molecule has 2 aliphatic heterocycles.